The second-order valence-electron chi connectivity index (χ2n) is 2.00. The number of carboxylic acids is 1. The molecule has 1 N–H and O–H groups in total. The maximum Gasteiger partial charge on any atom is 0.338 e. The summed E-state index contributed by atoms with van der Waals surface area (Å²) >= 11 is 1.23. The van der Waals surface area contributed by atoms with Crippen molar-refractivity contribution in [1.29, 1.82) is 0 Å². The maximum atomic E-state index is 10.5. The largest absolute Gasteiger partial charge is 0.478 e. The van der Waals surface area contributed by atoms with Crippen molar-refractivity contribution < 1.29 is 9.90 Å². The highest BCUT2D eigenvalue weighted by Gasteiger charge is 2.12. The molecule has 0 aromatic carbocycles. The number of hydrogen-bond donors (Lipinski definition) is 1. The van der Waals surface area contributed by atoms with E-state index in [1.165, 1.54) is 11.5 Å². The minimum Gasteiger partial charge on any atom is -0.478 e. The van der Waals surface area contributed by atoms with Crippen LogP contribution in [0, 0.1) is 13.8 Å². The van der Waals surface area contributed by atoms with Gasteiger partial charge in [-0.3, -0.25) is 0 Å². The van der Waals surface area contributed by atoms with Gasteiger partial charge >= 0.3 is 5.97 Å². The van der Waals surface area contributed by atoms with Gasteiger partial charge in [-0.25, -0.2) is 4.79 Å². The van der Waals surface area contributed by atoms with Gasteiger partial charge in [0.15, 0.2) is 0 Å². The van der Waals surface area contributed by atoms with Crippen molar-refractivity contribution in [1.82, 2.24) is 4.37 Å². The molecule has 0 fully saturated rings. The molecule has 0 unspecified atom stereocenters. The number of nitrogens with zero attached hydrogens (tertiary/aromatic N) is 1. The second kappa shape index (κ2) is 2.38. The van der Waals surface area contributed by atoms with Crippen LogP contribution >= 0.6 is 11.5 Å². The van der Waals surface area contributed by atoms with Gasteiger partial charge in [0.05, 0.1) is 11.3 Å². The molecular formula is C6H7NO2S. The van der Waals surface area contributed by atoms with Gasteiger partial charge in [-0.15, -0.1) is 0 Å². The van der Waals surface area contributed by atoms with E-state index in [2.05, 4.69) is 4.37 Å². The monoisotopic (exact) mass is 157 g/mol. The summed E-state index contributed by atoms with van der Waals surface area (Å²) in [5.74, 6) is -0.885. The molecule has 10 heavy (non-hydrogen) atoms. The van der Waals surface area contributed by atoms with E-state index in [9.17, 15) is 4.79 Å². The Kier molecular flexibility index (Phi) is 1.72. The van der Waals surface area contributed by atoms with Gasteiger partial charge in [0, 0.05) is 4.88 Å². The normalized spacial score (nSPS) is 9.80. The zero-order valence-electron chi connectivity index (χ0n) is 5.71. The molecule has 1 aromatic rings. The molecule has 0 aliphatic carbocycles. The Morgan fingerprint density at radius 1 is 1.60 bits per heavy atom. The molecule has 0 radical (unpaired) electrons. The molecule has 0 saturated carbocycles. The molecule has 1 aromatic heterocycles. The Bertz CT molecular complexity index is 247. The van der Waals surface area contributed by atoms with E-state index in [1.54, 1.807) is 13.8 Å². The van der Waals surface area contributed by atoms with E-state index in [-0.39, 0.29) is 0 Å². The van der Waals surface area contributed by atoms with Gasteiger partial charge in [0.25, 0.3) is 0 Å². The zero-order valence-corrected chi connectivity index (χ0v) is 6.53. The number of hydrogen-bond acceptors (Lipinski definition) is 3. The van der Waals surface area contributed by atoms with Crippen LogP contribution < -0.4 is 0 Å². The smallest absolute Gasteiger partial charge is 0.338 e. The first-order valence-electron chi connectivity index (χ1n) is 2.79. The SMILES string of the molecule is Cc1nsc(C)c1C(=O)O. The fourth-order valence-electron chi connectivity index (χ4n) is 0.788. The first-order chi connectivity index (χ1) is 4.63. The van der Waals surface area contributed by atoms with Gasteiger partial charge in [0.1, 0.15) is 0 Å². The summed E-state index contributed by atoms with van der Waals surface area (Å²) in [5, 5.41) is 8.60. The average Bonchev–Trinajstić information content (AvgIpc) is 2.11. The molecular weight excluding hydrogens is 150 g/mol. The molecule has 0 saturated heterocycles. The number of aromatic carboxylic acids is 1. The number of rotatable bonds is 1. The van der Waals surface area contributed by atoms with E-state index in [1.807, 2.05) is 0 Å². The lowest BCUT2D eigenvalue weighted by Gasteiger charge is -1.89. The van der Waals surface area contributed by atoms with E-state index in [4.69, 9.17) is 5.11 Å². The van der Waals surface area contributed by atoms with Gasteiger partial charge < -0.3 is 5.11 Å². The highest BCUT2D eigenvalue weighted by molar-refractivity contribution is 7.06. The predicted molar refractivity (Wildman–Crippen MR) is 38.5 cm³/mol. The van der Waals surface area contributed by atoms with Crippen LogP contribution in [0.3, 0.4) is 0 Å². The molecule has 0 bridgehead atoms. The minimum atomic E-state index is -0.885. The van der Waals surface area contributed by atoms with E-state index >= 15 is 0 Å². The quantitative estimate of drug-likeness (QED) is 0.671. The summed E-state index contributed by atoms with van der Waals surface area (Å²) in [6, 6.07) is 0. The highest BCUT2D eigenvalue weighted by atomic mass is 32.1. The molecule has 0 aliphatic rings. The molecule has 4 heteroatoms. The summed E-state index contributed by atoms with van der Waals surface area (Å²) in [7, 11) is 0. The Labute approximate surface area is 62.5 Å². The fourth-order valence-corrected chi connectivity index (χ4v) is 1.48. The van der Waals surface area contributed by atoms with Crippen molar-refractivity contribution in [3.05, 3.63) is 16.1 Å². The average molecular weight is 157 g/mol. The van der Waals surface area contributed by atoms with Crippen molar-refractivity contribution >= 4 is 17.5 Å². The lowest BCUT2D eigenvalue weighted by atomic mass is 10.2. The Hall–Kier alpha value is -0.900. The van der Waals surface area contributed by atoms with Crippen molar-refractivity contribution in [2.75, 3.05) is 0 Å². The topological polar surface area (TPSA) is 50.2 Å². The van der Waals surface area contributed by atoms with E-state index < -0.39 is 5.97 Å². The Morgan fingerprint density at radius 2 is 2.20 bits per heavy atom. The van der Waals surface area contributed by atoms with Crippen LogP contribution in [0.25, 0.3) is 0 Å². The highest BCUT2D eigenvalue weighted by Crippen LogP contribution is 2.16. The standard InChI is InChI=1S/C6H7NO2S/c1-3-5(6(8)9)4(2)10-7-3/h1-2H3,(H,8,9). The van der Waals surface area contributed by atoms with Crippen molar-refractivity contribution in [2.24, 2.45) is 0 Å². The number of aryl methyl sites for hydroxylation is 2. The third-order valence-electron chi connectivity index (χ3n) is 1.25. The van der Waals surface area contributed by atoms with Gasteiger partial charge in [-0.1, -0.05) is 0 Å². The summed E-state index contributed by atoms with van der Waals surface area (Å²) in [5.41, 5.74) is 0.958. The van der Waals surface area contributed by atoms with Crippen molar-refractivity contribution in [2.45, 2.75) is 13.8 Å². The zero-order chi connectivity index (χ0) is 7.72. The lowest BCUT2D eigenvalue weighted by Crippen LogP contribution is -1.98. The van der Waals surface area contributed by atoms with Crippen LogP contribution in [0.4, 0.5) is 0 Å². The van der Waals surface area contributed by atoms with Gasteiger partial charge in [-0.2, -0.15) is 4.37 Å². The van der Waals surface area contributed by atoms with Crippen molar-refractivity contribution in [3.63, 3.8) is 0 Å². The molecule has 54 valence electrons. The molecule has 3 nitrogen and oxygen atoms in total. The van der Waals surface area contributed by atoms with Crippen LogP contribution in [-0.2, 0) is 0 Å². The van der Waals surface area contributed by atoms with Gasteiger partial charge in [-0.05, 0) is 25.4 Å². The Morgan fingerprint density at radius 3 is 2.40 bits per heavy atom. The molecule has 0 amide bonds. The summed E-state index contributed by atoms with van der Waals surface area (Å²) in [6.07, 6.45) is 0. The maximum absolute atomic E-state index is 10.5. The predicted octanol–water partition coefficient (Wildman–Crippen LogP) is 1.46. The van der Waals surface area contributed by atoms with Gasteiger partial charge in [0.2, 0.25) is 0 Å². The van der Waals surface area contributed by atoms with Crippen LogP contribution in [0.1, 0.15) is 20.9 Å². The Balaban J connectivity index is 3.23. The minimum absolute atomic E-state index is 0.352. The third-order valence-corrected chi connectivity index (χ3v) is 2.09. The molecule has 0 atom stereocenters. The lowest BCUT2D eigenvalue weighted by molar-refractivity contribution is 0.0696. The summed E-state index contributed by atoms with van der Waals surface area (Å²) in [6.45, 7) is 3.46. The third kappa shape index (κ3) is 1.02. The van der Waals surface area contributed by atoms with Crippen LogP contribution in [0.5, 0.6) is 0 Å². The second-order valence-corrected chi connectivity index (χ2v) is 2.98. The molecule has 1 heterocycles. The first kappa shape index (κ1) is 7.21. The number of aromatic nitrogens is 1. The van der Waals surface area contributed by atoms with Crippen molar-refractivity contribution in [3.8, 4) is 0 Å². The number of carboxylic acid groups (broad SMARTS) is 1. The first-order valence-corrected chi connectivity index (χ1v) is 3.56. The van der Waals surface area contributed by atoms with Crippen LogP contribution in [0.2, 0.25) is 0 Å². The van der Waals surface area contributed by atoms with Crippen LogP contribution in [0.15, 0.2) is 0 Å². The van der Waals surface area contributed by atoms with E-state index in [0.717, 1.165) is 4.88 Å². The summed E-state index contributed by atoms with van der Waals surface area (Å²) < 4.78 is 3.90. The fraction of sp³-hybridized carbons (Fsp3) is 0.333. The number of carbonyl (C=O) groups is 1. The summed E-state index contributed by atoms with van der Waals surface area (Å²) in [4.78, 5) is 11.2. The van der Waals surface area contributed by atoms with Crippen LogP contribution in [-0.4, -0.2) is 15.4 Å². The van der Waals surface area contributed by atoms with E-state index in [0.29, 0.717) is 11.3 Å². The molecule has 1 rings (SSSR count). The molecule has 0 spiro atoms. The molecule has 0 aliphatic heterocycles.